The number of nitrogens with one attached hydrogen (secondary N) is 1. The Balaban J connectivity index is 3.06. The molecule has 0 saturated carbocycles. The van der Waals surface area contributed by atoms with E-state index in [-0.39, 0.29) is 17.4 Å². The Morgan fingerprint density at radius 1 is 0.944 bits per heavy atom. The number of carbonyl (C=O) groups excluding carboxylic acids is 3. The lowest BCUT2D eigenvalue weighted by atomic mass is 10.2. The van der Waals surface area contributed by atoms with Crippen LogP contribution in [0.15, 0.2) is 18.2 Å². The highest BCUT2D eigenvalue weighted by Gasteiger charge is 2.11. The average molecular weight is 251 g/mol. The van der Waals surface area contributed by atoms with E-state index in [0.29, 0.717) is 5.69 Å². The molecule has 0 aromatic heterocycles. The van der Waals surface area contributed by atoms with Crippen molar-refractivity contribution in [2.45, 2.75) is 20.8 Å². The first-order chi connectivity index (χ1) is 8.38. The molecule has 0 aliphatic heterocycles. The van der Waals surface area contributed by atoms with Crippen LogP contribution in [0.4, 0.5) is 5.69 Å². The van der Waals surface area contributed by atoms with Crippen molar-refractivity contribution < 1.29 is 23.9 Å². The van der Waals surface area contributed by atoms with E-state index >= 15 is 0 Å². The molecule has 18 heavy (non-hydrogen) atoms. The summed E-state index contributed by atoms with van der Waals surface area (Å²) in [7, 11) is 0. The molecule has 0 unspecified atom stereocenters. The highest BCUT2D eigenvalue weighted by atomic mass is 16.6. The summed E-state index contributed by atoms with van der Waals surface area (Å²) in [5.41, 5.74) is 0.439. The van der Waals surface area contributed by atoms with E-state index in [2.05, 4.69) is 5.32 Å². The standard InChI is InChI=1S/C12H13NO5/c1-7(14)13-10-4-5-11(17-8(2)15)12(6-10)18-9(3)16/h4-6H,1-3H3,(H,13,14). The Bertz CT molecular complexity index is 495. The van der Waals surface area contributed by atoms with Gasteiger partial charge < -0.3 is 14.8 Å². The fraction of sp³-hybridized carbons (Fsp3) is 0.250. The molecule has 1 rings (SSSR count). The predicted octanol–water partition coefficient (Wildman–Crippen LogP) is 1.50. The summed E-state index contributed by atoms with van der Waals surface area (Å²) in [6.07, 6.45) is 0. The highest BCUT2D eigenvalue weighted by Crippen LogP contribution is 2.30. The number of carbonyl (C=O) groups is 3. The molecular weight excluding hydrogens is 238 g/mol. The van der Waals surface area contributed by atoms with Crippen molar-refractivity contribution in [1.82, 2.24) is 0 Å². The van der Waals surface area contributed by atoms with Gasteiger partial charge in [0.25, 0.3) is 0 Å². The van der Waals surface area contributed by atoms with Crippen molar-refractivity contribution in [3.8, 4) is 11.5 Å². The summed E-state index contributed by atoms with van der Waals surface area (Å²) in [6.45, 7) is 3.81. The zero-order valence-corrected chi connectivity index (χ0v) is 10.3. The molecule has 1 aromatic carbocycles. The minimum absolute atomic E-state index is 0.0731. The molecule has 1 amide bonds. The van der Waals surface area contributed by atoms with Crippen LogP contribution in [0.3, 0.4) is 0 Å². The van der Waals surface area contributed by atoms with Crippen LogP contribution in [0.25, 0.3) is 0 Å². The molecule has 0 atom stereocenters. The monoisotopic (exact) mass is 251 g/mol. The van der Waals surface area contributed by atoms with E-state index in [0.717, 1.165) is 0 Å². The zero-order chi connectivity index (χ0) is 13.7. The highest BCUT2D eigenvalue weighted by molar-refractivity contribution is 5.89. The first-order valence-corrected chi connectivity index (χ1v) is 5.17. The molecule has 0 aliphatic rings. The molecule has 6 nitrogen and oxygen atoms in total. The maximum absolute atomic E-state index is 10.9. The van der Waals surface area contributed by atoms with E-state index in [9.17, 15) is 14.4 Å². The Morgan fingerprint density at radius 2 is 1.50 bits per heavy atom. The second-order valence-electron chi connectivity index (χ2n) is 3.53. The number of esters is 2. The van der Waals surface area contributed by atoms with E-state index in [4.69, 9.17) is 9.47 Å². The van der Waals surface area contributed by atoms with Crippen LogP contribution in [-0.4, -0.2) is 17.8 Å². The van der Waals surface area contributed by atoms with Gasteiger partial charge in [0, 0.05) is 32.5 Å². The van der Waals surface area contributed by atoms with Gasteiger partial charge in [0.1, 0.15) is 0 Å². The van der Waals surface area contributed by atoms with Gasteiger partial charge in [-0.05, 0) is 12.1 Å². The van der Waals surface area contributed by atoms with Crippen LogP contribution in [-0.2, 0) is 14.4 Å². The van der Waals surface area contributed by atoms with Gasteiger partial charge in [-0.1, -0.05) is 0 Å². The Labute approximate surface area is 104 Å². The van der Waals surface area contributed by atoms with E-state index in [1.165, 1.54) is 39.0 Å². The van der Waals surface area contributed by atoms with Crippen molar-refractivity contribution in [3.05, 3.63) is 18.2 Å². The first-order valence-electron chi connectivity index (χ1n) is 5.17. The van der Waals surface area contributed by atoms with E-state index in [1.807, 2.05) is 0 Å². The fourth-order valence-corrected chi connectivity index (χ4v) is 1.26. The number of rotatable bonds is 3. The molecule has 0 radical (unpaired) electrons. The smallest absolute Gasteiger partial charge is 0.308 e. The SMILES string of the molecule is CC(=O)Nc1ccc(OC(C)=O)c(OC(C)=O)c1. The van der Waals surface area contributed by atoms with Crippen LogP contribution < -0.4 is 14.8 Å². The lowest BCUT2D eigenvalue weighted by Crippen LogP contribution is -2.09. The van der Waals surface area contributed by atoms with Gasteiger partial charge in [-0.15, -0.1) is 0 Å². The largest absolute Gasteiger partial charge is 0.423 e. The number of hydrogen-bond donors (Lipinski definition) is 1. The minimum atomic E-state index is -0.552. The maximum atomic E-state index is 10.9. The lowest BCUT2D eigenvalue weighted by Gasteiger charge is -2.10. The number of amides is 1. The molecule has 96 valence electrons. The van der Waals surface area contributed by atoms with Crippen LogP contribution in [0.1, 0.15) is 20.8 Å². The van der Waals surface area contributed by atoms with Gasteiger partial charge >= 0.3 is 11.9 Å². The second-order valence-corrected chi connectivity index (χ2v) is 3.53. The lowest BCUT2D eigenvalue weighted by molar-refractivity contribution is -0.134. The first kappa shape index (κ1) is 13.7. The molecule has 0 aliphatic carbocycles. The quantitative estimate of drug-likeness (QED) is 0.650. The molecule has 1 N–H and O–H groups in total. The van der Waals surface area contributed by atoms with Crippen molar-refractivity contribution in [1.29, 1.82) is 0 Å². The van der Waals surface area contributed by atoms with Crippen LogP contribution in [0.5, 0.6) is 11.5 Å². The normalized spacial score (nSPS) is 9.50. The van der Waals surface area contributed by atoms with Crippen molar-refractivity contribution in [2.24, 2.45) is 0 Å². The van der Waals surface area contributed by atoms with Gasteiger partial charge in [-0.3, -0.25) is 14.4 Å². The summed E-state index contributed by atoms with van der Waals surface area (Å²) < 4.78 is 9.78. The van der Waals surface area contributed by atoms with Crippen molar-refractivity contribution in [3.63, 3.8) is 0 Å². The molecule has 0 saturated heterocycles. The molecule has 0 fully saturated rings. The van der Waals surface area contributed by atoms with Crippen LogP contribution in [0, 0.1) is 0 Å². The second kappa shape index (κ2) is 5.81. The predicted molar refractivity (Wildman–Crippen MR) is 63.4 cm³/mol. The Kier molecular flexibility index (Phi) is 4.42. The van der Waals surface area contributed by atoms with E-state index in [1.54, 1.807) is 0 Å². The number of ether oxygens (including phenoxy) is 2. The van der Waals surface area contributed by atoms with Gasteiger partial charge in [-0.25, -0.2) is 0 Å². The third-order valence-corrected chi connectivity index (χ3v) is 1.77. The molecule has 0 bridgehead atoms. The van der Waals surface area contributed by atoms with Gasteiger partial charge in [0.05, 0.1) is 0 Å². The summed E-state index contributed by atoms with van der Waals surface area (Å²) in [5.74, 6) is -1.15. The third-order valence-electron chi connectivity index (χ3n) is 1.77. The summed E-state index contributed by atoms with van der Waals surface area (Å²) in [6, 6.07) is 4.37. The molecule has 6 heteroatoms. The molecule has 0 heterocycles. The topological polar surface area (TPSA) is 81.7 Å². The summed E-state index contributed by atoms with van der Waals surface area (Å²) in [5, 5.41) is 2.53. The van der Waals surface area contributed by atoms with Crippen LogP contribution in [0.2, 0.25) is 0 Å². The van der Waals surface area contributed by atoms with Gasteiger partial charge in [0.15, 0.2) is 11.5 Å². The van der Waals surface area contributed by atoms with E-state index < -0.39 is 11.9 Å². The van der Waals surface area contributed by atoms with Gasteiger partial charge in [0.2, 0.25) is 5.91 Å². The number of anilines is 1. The molecule has 0 spiro atoms. The van der Waals surface area contributed by atoms with Crippen molar-refractivity contribution >= 4 is 23.5 Å². The van der Waals surface area contributed by atoms with Gasteiger partial charge in [-0.2, -0.15) is 0 Å². The maximum Gasteiger partial charge on any atom is 0.308 e. The number of hydrogen-bond acceptors (Lipinski definition) is 5. The fourth-order valence-electron chi connectivity index (χ4n) is 1.26. The summed E-state index contributed by atoms with van der Waals surface area (Å²) in [4.78, 5) is 32.7. The zero-order valence-electron chi connectivity index (χ0n) is 10.3. The number of benzene rings is 1. The minimum Gasteiger partial charge on any atom is -0.423 e. The third kappa shape index (κ3) is 4.25. The van der Waals surface area contributed by atoms with Crippen molar-refractivity contribution in [2.75, 3.05) is 5.32 Å². The van der Waals surface area contributed by atoms with Crippen LogP contribution >= 0.6 is 0 Å². The molecule has 1 aromatic rings. The molecular formula is C12H13NO5. The Hall–Kier alpha value is -2.37. The average Bonchev–Trinajstić information content (AvgIpc) is 2.19. The Morgan fingerprint density at radius 3 is 2.00 bits per heavy atom. The summed E-state index contributed by atoms with van der Waals surface area (Å²) >= 11 is 0.